The number of morpholine rings is 1. The van der Waals surface area contributed by atoms with Crippen LogP contribution in [0.1, 0.15) is 21.7 Å². The molecule has 1 aromatic heterocycles. The molecule has 0 saturated carbocycles. The number of sulfonamides is 1. The fourth-order valence-corrected chi connectivity index (χ4v) is 4.32. The lowest BCUT2D eigenvalue weighted by atomic mass is 10.2. The van der Waals surface area contributed by atoms with Crippen LogP contribution < -0.4 is 5.32 Å². The van der Waals surface area contributed by atoms with Crippen molar-refractivity contribution in [2.75, 3.05) is 26.3 Å². The third-order valence-electron chi connectivity index (χ3n) is 4.07. The van der Waals surface area contributed by atoms with Crippen LogP contribution in [0.3, 0.4) is 0 Å². The van der Waals surface area contributed by atoms with Gasteiger partial charge in [-0.05, 0) is 24.6 Å². The highest BCUT2D eigenvalue weighted by molar-refractivity contribution is 7.89. The van der Waals surface area contributed by atoms with E-state index in [1.165, 1.54) is 10.6 Å². The third-order valence-corrected chi connectivity index (χ3v) is 6.07. The van der Waals surface area contributed by atoms with Crippen LogP contribution in [0.2, 0.25) is 0 Å². The molecule has 0 atom stereocenters. The van der Waals surface area contributed by atoms with E-state index in [4.69, 9.17) is 9.15 Å². The van der Waals surface area contributed by atoms with Gasteiger partial charge in [0, 0.05) is 25.2 Å². The molecule has 2 aromatic rings. The molecule has 0 bridgehead atoms. The highest BCUT2D eigenvalue weighted by atomic mass is 32.2. The average molecular weight is 364 g/mol. The topological polar surface area (TPSA) is 88.8 Å². The Hall–Kier alpha value is -2.16. The first-order valence-electron chi connectivity index (χ1n) is 7.98. The molecule has 1 aliphatic rings. The number of ether oxygens (including phenoxy) is 1. The van der Waals surface area contributed by atoms with Crippen LogP contribution in [-0.4, -0.2) is 44.9 Å². The van der Waals surface area contributed by atoms with Gasteiger partial charge in [-0.15, -0.1) is 0 Å². The molecular formula is C17H20N2O5S. The number of carbonyl (C=O) groups is 1. The molecule has 1 saturated heterocycles. The second kappa shape index (κ2) is 7.38. The molecule has 0 spiro atoms. The summed E-state index contributed by atoms with van der Waals surface area (Å²) in [6.07, 6.45) is 1.45. The van der Waals surface area contributed by atoms with Gasteiger partial charge in [0.1, 0.15) is 0 Å². The molecule has 1 aromatic carbocycles. The van der Waals surface area contributed by atoms with Crippen molar-refractivity contribution in [3.63, 3.8) is 0 Å². The van der Waals surface area contributed by atoms with Gasteiger partial charge in [0.15, 0.2) is 5.76 Å². The van der Waals surface area contributed by atoms with E-state index in [0.717, 1.165) is 5.56 Å². The molecule has 0 aliphatic carbocycles. The van der Waals surface area contributed by atoms with Crippen molar-refractivity contribution in [2.24, 2.45) is 0 Å². The molecule has 1 N–H and O–H groups in total. The Kier molecular flexibility index (Phi) is 5.22. The maximum absolute atomic E-state index is 12.9. The van der Waals surface area contributed by atoms with Crippen LogP contribution in [0.25, 0.3) is 0 Å². The Bertz CT molecular complexity index is 853. The highest BCUT2D eigenvalue weighted by Gasteiger charge is 2.28. The summed E-state index contributed by atoms with van der Waals surface area (Å²) in [7, 11) is -3.62. The number of nitrogens with zero attached hydrogens (tertiary/aromatic N) is 1. The smallest absolute Gasteiger partial charge is 0.287 e. The van der Waals surface area contributed by atoms with Crippen molar-refractivity contribution in [2.45, 2.75) is 18.4 Å². The van der Waals surface area contributed by atoms with Crippen LogP contribution in [0, 0.1) is 6.92 Å². The molecule has 0 unspecified atom stereocenters. The fraction of sp³-hybridized carbons (Fsp3) is 0.353. The SMILES string of the molecule is Cc1ccoc1C(=O)NCc1ccccc1S(=O)(=O)N1CCOCC1. The van der Waals surface area contributed by atoms with Gasteiger partial charge >= 0.3 is 0 Å². The number of benzene rings is 1. The molecule has 8 heteroatoms. The maximum atomic E-state index is 12.9. The van der Waals surface area contributed by atoms with Crippen molar-refractivity contribution in [1.29, 1.82) is 0 Å². The number of aryl methyl sites for hydroxylation is 1. The Labute approximate surface area is 146 Å². The lowest BCUT2D eigenvalue weighted by molar-refractivity contribution is 0.0730. The lowest BCUT2D eigenvalue weighted by Crippen LogP contribution is -2.41. The number of rotatable bonds is 5. The molecule has 1 aliphatic heterocycles. The predicted molar refractivity (Wildman–Crippen MR) is 90.6 cm³/mol. The van der Waals surface area contributed by atoms with E-state index >= 15 is 0 Å². The van der Waals surface area contributed by atoms with Gasteiger partial charge in [-0.25, -0.2) is 8.42 Å². The Morgan fingerprint density at radius 3 is 2.60 bits per heavy atom. The van der Waals surface area contributed by atoms with Gasteiger partial charge in [-0.1, -0.05) is 18.2 Å². The minimum absolute atomic E-state index is 0.0959. The van der Waals surface area contributed by atoms with Gasteiger partial charge in [-0.2, -0.15) is 4.31 Å². The second-order valence-corrected chi connectivity index (χ2v) is 7.65. The molecule has 134 valence electrons. The van der Waals surface area contributed by atoms with Gasteiger partial charge < -0.3 is 14.5 Å². The van der Waals surface area contributed by atoms with Crippen LogP contribution in [0.15, 0.2) is 45.9 Å². The number of carbonyl (C=O) groups excluding carboxylic acids is 1. The maximum Gasteiger partial charge on any atom is 0.287 e. The Balaban J connectivity index is 1.79. The third kappa shape index (κ3) is 3.76. The second-order valence-electron chi connectivity index (χ2n) is 5.74. The standard InChI is InChI=1S/C17H20N2O5S/c1-13-6-9-24-16(13)17(20)18-12-14-4-2-3-5-15(14)25(21,22)19-7-10-23-11-8-19/h2-6,9H,7-8,10-12H2,1H3,(H,18,20). The lowest BCUT2D eigenvalue weighted by Gasteiger charge is -2.27. The van der Waals surface area contributed by atoms with Gasteiger partial charge in [0.2, 0.25) is 10.0 Å². The predicted octanol–water partition coefficient (Wildman–Crippen LogP) is 1.54. The molecule has 3 rings (SSSR count). The number of nitrogens with one attached hydrogen (secondary N) is 1. The molecular weight excluding hydrogens is 344 g/mol. The molecule has 1 amide bonds. The minimum Gasteiger partial charge on any atom is -0.459 e. The summed E-state index contributed by atoms with van der Waals surface area (Å²) in [5.74, 6) is -0.144. The van der Waals surface area contributed by atoms with Crippen molar-refractivity contribution in [3.05, 3.63) is 53.5 Å². The van der Waals surface area contributed by atoms with E-state index in [-0.39, 0.29) is 23.1 Å². The van der Waals surface area contributed by atoms with Gasteiger partial charge in [0.05, 0.1) is 24.4 Å². The largest absolute Gasteiger partial charge is 0.459 e. The van der Waals surface area contributed by atoms with E-state index in [2.05, 4.69) is 5.32 Å². The zero-order valence-corrected chi connectivity index (χ0v) is 14.7. The monoisotopic (exact) mass is 364 g/mol. The van der Waals surface area contributed by atoms with E-state index in [1.807, 2.05) is 0 Å². The number of furan rings is 1. The fourth-order valence-electron chi connectivity index (χ4n) is 2.69. The molecule has 25 heavy (non-hydrogen) atoms. The number of hydrogen-bond donors (Lipinski definition) is 1. The summed E-state index contributed by atoms with van der Waals surface area (Å²) in [6, 6.07) is 8.38. The highest BCUT2D eigenvalue weighted by Crippen LogP contribution is 2.21. The van der Waals surface area contributed by atoms with E-state index < -0.39 is 10.0 Å². The summed E-state index contributed by atoms with van der Waals surface area (Å²) in [6.45, 7) is 3.29. The van der Waals surface area contributed by atoms with Crippen LogP contribution >= 0.6 is 0 Å². The first kappa shape index (κ1) is 17.7. The van der Waals surface area contributed by atoms with Crippen molar-refractivity contribution in [3.8, 4) is 0 Å². The number of amides is 1. The summed E-state index contributed by atoms with van der Waals surface area (Å²) < 4.78 is 37.5. The van der Waals surface area contributed by atoms with Crippen LogP contribution in [0.4, 0.5) is 0 Å². The summed E-state index contributed by atoms with van der Waals surface area (Å²) in [4.78, 5) is 12.4. The molecule has 2 heterocycles. The summed E-state index contributed by atoms with van der Waals surface area (Å²) in [5.41, 5.74) is 1.26. The zero-order chi connectivity index (χ0) is 17.9. The first-order chi connectivity index (χ1) is 12.0. The quantitative estimate of drug-likeness (QED) is 0.869. The van der Waals surface area contributed by atoms with E-state index in [9.17, 15) is 13.2 Å². The molecule has 0 radical (unpaired) electrons. The Morgan fingerprint density at radius 1 is 1.20 bits per heavy atom. The minimum atomic E-state index is -3.62. The molecule has 1 fully saturated rings. The van der Waals surface area contributed by atoms with Gasteiger partial charge in [0.25, 0.3) is 5.91 Å². The van der Waals surface area contributed by atoms with Crippen molar-refractivity contribution >= 4 is 15.9 Å². The molecule has 7 nitrogen and oxygen atoms in total. The Morgan fingerprint density at radius 2 is 1.92 bits per heavy atom. The van der Waals surface area contributed by atoms with Crippen molar-refractivity contribution < 1.29 is 22.4 Å². The van der Waals surface area contributed by atoms with E-state index in [0.29, 0.717) is 31.9 Å². The first-order valence-corrected chi connectivity index (χ1v) is 9.42. The normalized spacial score (nSPS) is 15.9. The number of hydrogen-bond acceptors (Lipinski definition) is 5. The average Bonchev–Trinajstić information content (AvgIpc) is 3.07. The van der Waals surface area contributed by atoms with Crippen LogP contribution in [-0.2, 0) is 21.3 Å². The summed E-state index contributed by atoms with van der Waals surface area (Å²) >= 11 is 0. The van der Waals surface area contributed by atoms with Gasteiger partial charge in [-0.3, -0.25) is 4.79 Å². The van der Waals surface area contributed by atoms with E-state index in [1.54, 1.807) is 37.3 Å². The van der Waals surface area contributed by atoms with Crippen molar-refractivity contribution in [1.82, 2.24) is 9.62 Å². The van der Waals surface area contributed by atoms with Crippen LogP contribution in [0.5, 0.6) is 0 Å². The zero-order valence-electron chi connectivity index (χ0n) is 13.9. The summed E-state index contributed by atoms with van der Waals surface area (Å²) in [5, 5.41) is 2.72.